The van der Waals surface area contributed by atoms with Crippen LogP contribution in [-0.2, 0) is 24.2 Å². The molecule has 0 aromatic carbocycles. The van der Waals surface area contributed by atoms with Crippen molar-refractivity contribution < 1.29 is 9.53 Å². The molecule has 1 atom stereocenters. The van der Waals surface area contributed by atoms with Gasteiger partial charge in [0.25, 0.3) is 0 Å². The number of hydrogen-bond acceptors (Lipinski definition) is 5. The zero-order valence-corrected chi connectivity index (χ0v) is 21.3. The lowest BCUT2D eigenvalue weighted by atomic mass is 10.1. The number of alkyl carbamates (subject to hydrolysis) is 1. The van der Waals surface area contributed by atoms with Crippen molar-refractivity contribution in [1.29, 1.82) is 0 Å². The number of fused-ring (bicyclic) bond motifs is 1. The summed E-state index contributed by atoms with van der Waals surface area (Å²) >= 11 is 0. The summed E-state index contributed by atoms with van der Waals surface area (Å²) in [5.41, 5.74) is -0.509. The Labute approximate surface area is 197 Å². The quantitative estimate of drug-likeness (QED) is 0.269. The Hall–Kier alpha value is -1.59. The van der Waals surface area contributed by atoms with E-state index in [-0.39, 0.29) is 30.0 Å². The minimum Gasteiger partial charge on any atom is -0.444 e. The monoisotopic (exact) mass is 535 g/mol. The van der Waals surface area contributed by atoms with Crippen LogP contribution in [0.3, 0.4) is 0 Å². The smallest absolute Gasteiger partial charge is 0.407 e. The van der Waals surface area contributed by atoms with Crippen LogP contribution >= 0.6 is 24.0 Å². The molecule has 172 valence electrons. The first-order valence-corrected chi connectivity index (χ1v) is 10.7. The number of unbranched alkanes of at least 4 members (excludes halogenated alkanes) is 1. The van der Waals surface area contributed by atoms with Crippen molar-refractivity contribution in [1.82, 2.24) is 30.7 Å². The first kappa shape index (κ1) is 26.4. The van der Waals surface area contributed by atoms with Crippen molar-refractivity contribution >= 4 is 36.0 Å². The summed E-state index contributed by atoms with van der Waals surface area (Å²) in [6.07, 6.45) is 6.01. The highest BCUT2D eigenvalue weighted by Crippen LogP contribution is 2.14. The van der Waals surface area contributed by atoms with Gasteiger partial charge in [0.15, 0.2) is 11.8 Å². The second-order valence-corrected chi connectivity index (χ2v) is 8.43. The molecule has 2 heterocycles. The van der Waals surface area contributed by atoms with Crippen LogP contribution in [0.25, 0.3) is 0 Å². The van der Waals surface area contributed by atoms with Crippen LogP contribution < -0.4 is 16.0 Å². The average Bonchev–Trinajstić information content (AvgIpc) is 3.08. The number of rotatable bonds is 8. The third-order valence-corrected chi connectivity index (χ3v) is 4.71. The summed E-state index contributed by atoms with van der Waals surface area (Å²) in [5.74, 6) is 2.68. The molecule has 0 spiro atoms. The van der Waals surface area contributed by atoms with Crippen molar-refractivity contribution in [3.8, 4) is 0 Å². The van der Waals surface area contributed by atoms with Gasteiger partial charge in [0.05, 0.1) is 6.54 Å². The second-order valence-electron chi connectivity index (χ2n) is 8.43. The SMILES string of the molecule is CCCCC(CNC(=O)OC(C)(C)C)NC(=NC)NCc1nnc2n1CCCC2.I. The second kappa shape index (κ2) is 13.0. The zero-order chi connectivity index (χ0) is 21.3. The third kappa shape index (κ3) is 9.05. The maximum atomic E-state index is 12.0. The van der Waals surface area contributed by atoms with Gasteiger partial charge in [-0.15, -0.1) is 34.2 Å². The van der Waals surface area contributed by atoms with E-state index in [4.69, 9.17) is 4.74 Å². The fraction of sp³-hybridized carbons (Fsp3) is 0.800. The molecule has 1 aromatic heterocycles. The highest BCUT2D eigenvalue weighted by Gasteiger charge is 2.19. The van der Waals surface area contributed by atoms with Gasteiger partial charge in [-0.25, -0.2) is 4.79 Å². The zero-order valence-electron chi connectivity index (χ0n) is 19.0. The molecule has 1 aliphatic heterocycles. The van der Waals surface area contributed by atoms with E-state index < -0.39 is 11.7 Å². The topological polar surface area (TPSA) is 105 Å². The van der Waals surface area contributed by atoms with Gasteiger partial charge in [-0.2, -0.15) is 0 Å². The number of aromatic nitrogens is 3. The van der Waals surface area contributed by atoms with E-state index in [1.807, 2.05) is 20.8 Å². The van der Waals surface area contributed by atoms with Gasteiger partial charge in [0, 0.05) is 32.6 Å². The summed E-state index contributed by atoms with van der Waals surface area (Å²) in [5, 5.41) is 18.2. The molecule has 30 heavy (non-hydrogen) atoms. The number of nitrogens with one attached hydrogen (secondary N) is 3. The number of nitrogens with zero attached hydrogens (tertiary/aromatic N) is 4. The molecule has 1 aliphatic rings. The Balaban J connectivity index is 0.00000450. The van der Waals surface area contributed by atoms with Gasteiger partial charge in [0.2, 0.25) is 0 Å². The predicted molar refractivity (Wildman–Crippen MR) is 129 cm³/mol. The van der Waals surface area contributed by atoms with Gasteiger partial charge >= 0.3 is 6.09 Å². The largest absolute Gasteiger partial charge is 0.444 e. The molecule has 1 unspecified atom stereocenters. The number of carbonyl (C=O) groups excluding carboxylic acids is 1. The van der Waals surface area contributed by atoms with Gasteiger partial charge in [-0.1, -0.05) is 19.8 Å². The van der Waals surface area contributed by atoms with E-state index in [1.54, 1.807) is 7.05 Å². The Bertz CT molecular complexity index is 685. The average molecular weight is 535 g/mol. The highest BCUT2D eigenvalue weighted by molar-refractivity contribution is 14.0. The standard InChI is InChI=1S/C20H37N7O2.HI/c1-6-7-10-15(13-23-19(28)29-20(2,3)4)24-18(21-5)22-14-17-26-25-16-11-8-9-12-27(16)17;/h15H,6-14H2,1-5H3,(H,23,28)(H2,21,22,24);1H. The lowest BCUT2D eigenvalue weighted by Gasteiger charge is -2.24. The highest BCUT2D eigenvalue weighted by atomic mass is 127. The summed E-state index contributed by atoms with van der Waals surface area (Å²) in [6, 6.07) is 0.0565. The molecular formula is C20H38IN7O2. The molecule has 2 rings (SSSR count). The fourth-order valence-corrected chi connectivity index (χ4v) is 3.25. The number of aliphatic imine (C=N–C) groups is 1. The number of aryl methyl sites for hydroxylation is 1. The Morgan fingerprint density at radius 2 is 2.03 bits per heavy atom. The first-order valence-electron chi connectivity index (χ1n) is 10.7. The number of halogens is 1. The van der Waals surface area contributed by atoms with Crippen LogP contribution in [-0.4, -0.2) is 52.1 Å². The fourth-order valence-electron chi connectivity index (χ4n) is 3.25. The maximum Gasteiger partial charge on any atom is 0.407 e. The summed E-state index contributed by atoms with van der Waals surface area (Å²) < 4.78 is 7.53. The van der Waals surface area contributed by atoms with E-state index >= 15 is 0 Å². The first-order chi connectivity index (χ1) is 13.8. The number of guanidine groups is 1. The van der Waals surface area contributed by atoms with Gasteiger partial charge in [-0.3, -0.25) is 4.99 Å². The van der Waals surface area contributed by atoms with Crippen LogP contribution in [0, 0.1) is 0 Å². The molecule has 9 nitrogen and oxygen atoms in total. The molecular weight excluding hydrogens is 497 g/mol. The van der Waals surface area contributed by atoms with E-state index in [0.717, 1.165) is 43.9 Å². The van der Waals surface area contributed by atoms with E-state index in [9.17, 15) is 4.79 Å². The van der Waals surface area contributed by atoms with Crippen molar-refractivity contribution in [3.05, 3.63) is 11.6 Å². The number of amides is 1. The van der Waals surface area contributed by atoms with Gasteiger partial charge in [0.1, 0.15) is 11.4 Å². The summed E-state index contributed by atoms with van der Waals surface area (Å²) in [4.78, 5) is 16.3. The van der Waals surface area contributed by atoms with Crippen molar-refractivity contribution in [2.45, 2.75) is 91.0 Å². The van der Waals surface area contributed by atoms with E-state index in [2.05, 4.69) is 42.6 Å². The van der Waals surface area contributed by atoms with Crippen LogP contribution in [0.4, 0.5) is 4.79 Å². The number of hydrogen-bond donors (Lipinski definition) is 3. The lowest BCUT2D eigenvalue weighted by Crippen LogP contribution is -2.49. The molecule has 1 aromatic rings. The molecule has 0 saturated carbocycles. The van der Waals surface area contributed by atoms with Crippen molar-refractivity contribution in [2.75, 3.05) is 13.6 Å². The molecule has 10 heteroatoms. The summed E-state index contributed by atoms with van der Waals surface area (Å²) in [6.45, 7) is 9.73. The lowest BCUT2D eigenvalue weighted by molar-refractivity contribution is 0.0523. The van der Waals surface area contributed by atoms with E-state index in [0.29, 0.717) is 19.0 Å². The molecule has 0 bridgehead atoms. The molecule has 0 radical (unpaired) electrons. The summed E-state index contributed by atoms with van der Waals surface area (Å²) in [7, 11) is 1.74. The Morgan fingerprint density at radius 1 is 1.27 bits per heavy atom. The molecule has 0 aliphatic carbocycles. The van der Waals surface area contributed by atoms with Crippen LogP contribution in [0.2, 0.25) is 0 Å². The minimum atomic E-state index is -0.509. The Kier molecular flexibility index (Phi) is 11.4. The minimum absolute atomic E-state index is 0. The maximum absolute atomic E-state index is 12.0. The van der Waals surface area contributed by atoms with Crippen LogP contribution in [0.15, 0.2) is 4.99 Å². The number of carbonyl (C=O) groups is 1. The molecule has 1 amide bonds. The molecule has 0 fully saturated rings. The van der Waals surface area contributed by atoms with E-state index in [1.165, 1.54) is 12.8 Å². The predicted octanol–water partition coefficient (Wildman–Crippen LogP) is 2.98. The van der Waals surface area contributed by atoms with Gasteiger partial charge < -0.3 is 25.3 Å². The Morgan fingerprint density at radius 3 is 2.70 bits per heavy atom. The van der Waals surface area contributed by atoms with Crippen LogP contribution in [0.1, 0.15) is 71.4 Å². The normalized spacial score (nSPS) is 14.9. The van der Waals surface area contributed by atoms with Crippen molar-refractivity contribution in [3.63, 3.8) is 0 Å². The number of ether oxygens (including phenoxy) is 1. The van der Waals surface area contributed by atoms with Crippen molar-refractivity contribution in [2.24, 2.45) is 4.99 Å². The van der Waals surface area contributed by atoms with Crippen LogP contribution in [0.5, 0.6) is 0 Å². The van der Waals surface area contributed by atoms with Gasteiger partial charge in [-0.05, 0) is 40.0 Å². The molecule has 0 saturated heterocycles. The molecule has 3 N–H and O–H groups in total. The third-order valence-electron chi connectivity index (χ3n) is 4.71.